The van der Waals surface area contributed by atoms with E-state index in [2.05, 4.69) is 10.1 Å². The van der Waals surface area contributed by atoms with Crippen molar-refractivity contribution in [2.24, 2.45) is 0 Å². The third-order valence-electron chi connectivity index (χ3n) is 4.62. The minimum Gasteiger partial charge on any atom is -0.478 e. The molecule has 1 N–H and O–H groups in total. The van der Waals surface area contributed by atoms with Crippen molar-refractivity contribution in [2.45, 2.75) is 27.7 Å². The van der Waals surface area contributed by atoms with Gasteiger partial charge in [0.25, 0.3) is 5.89 Å². The van der Waals surface area contributed by atoms with Crippen LogP contribution in [0.2, 0.25) is 0 Å². The van der Waals surface area contributed by atoms with Crippen LogP contribution in [0.4, 0.5) is 4.39 Å². The molecular formula is C19H17FN2O3. The van der Waals surface area contributed by atoms with E-state index < -0.39 is 5.97 Å². The van der Waals surface area contributed by atoms with Gasteiger partial charge in [0.15, 0.2) is 0 Å². The zero-order chi connectivity index (χ0) is 18.3. The second kappa shape index (κ2) is 6.12. The van der Waals surface area contributed by atoms with Gasteiger partial charge in [-0.25, -0.2) is 9.18 Å². The summed E-state index contributed by atoms with van der Waals surface area (Å²) in [5, 5.41) is 13.0. The van der Waals surface area contributed by atoms with Crippen molar-refractivity contribution >= 4 is 5.97 Å². The number of hydrogen-bond acceptors (Lipinski definition) is 4. The monoisotopic (exact) mass is 340 g/mol. The Kier molecular flexibility index (Phi) is 4.12. The molecule has 0 fully saturated rings. The van der Waals surface area contributed by atoms with E-state index in [0.29, 0.717) is 11.1 Å². The minimum atomic E-state index is -1.04. The van der Waals surface area contributed by atoms with Gasteiger partial charge in [-0.1, -0.05) is 17.3 Å². The van der Waals surface area contributed by atoms with Gasteiger partial charge in [-0.05, 0) is 62.1 Å². The average Bonchev–Trinajstić information content (AvgIpc) is 3.08. The number of nitrogens with zero attached hydrogens (tertiary/aromatic N) is 2. The molecule has 0 amide bonds. The molecule has 0 atom stereocenters. The zero-order valence-corrected chi connectivity index (χ0v) is 14.3. The Labute approximate surface area is 144 Å². The summed E-state index contributed by atoms with van der Waals surface area (Å²) in [5.74, 6) is -1.13. The van der Waals surface area contributed by atoms with Crippen LogP contribution >= 0.6 is 0 Å². The maximum Gasteiger partial charge on any atom is 0.335 e. The molecule has 1 aromatic heterocycles. The first kappa shape index (κ1) is 16.8. The molecule has 0 aliphatic carbocycles. The van der Waals surface area contributed by atoms with Crippen molar-refractivity contribution in [1.82, 2.24) is 10.1 Å². The van der Waals surface area contributed by atoms with E-state index in [0.717, 1.165) is 16.7 Å². The van der Waals surface area contributed by atoms with Crippen molar-refractivity contribution in [2.75, 3.05) is 0 Å². The number of carbonyl (C=O) groups is 1. The van der Waals surface area contributed by atoms with Crippen LogP contribution < -0.4 is 0 Å². The van der Waals surface area contributed by atoms with Gasteiger partial charge in [0.2, 0.25) is 5.82 Å². The molecule has 0 saturated carbocycles. The summed E-state index contributed by atoms with van der Waals surface area (Å²) >= 11 is 0. The van der Waals surface area contributed by atoms with E-state index in [9.17, 15) is 9.18 Å². The van der Waals surface area contributed by atoms with E-state index in [1.807, 2.05) is 20.8 Å². The summed E-state index contributed by atoms with van der Waals surface area (Å²) in [7, 11) is 0. The van der Waals surface area contributed by atoms with Gasteiger partial charge in [-0.3, -0.25) is 0 Å². The molecule has 0 spiro atoms. The highest BCUT2D eigenvalue weighted by Gasteiger charge is 2.22. The molecule has 3 aromatic rings. The predicted octanol–water partition coefficient (Wildman–Crippen LogP) is 4.47. The van der Waals surface area contributed by atoms with Crippen LogP contribution in [-0.2, 0) is 0 Å². The number of carboxylic acid groups (broad SMARTS) is 1. The number of carboxylic acids is 1. The molecule has 0 saturated heterocycles. The van der Waals surface area contributed by atoms with E-state index in [-0.39, 0.29) is 28.7 Å². The van der Waals surface area contributed by atoms with Crippen LogP contribution in [0.5, 0.6) is 0 Å². The SMILES string of the molecule is Cc1c(C)c(C)c(-c2nc(-c3cccc(C(=O)O)c3)no2)c(F)c1C. The Bertz CT molecular complexity index is 963. The first-order chi connectivity index (χ1) is 11.8. The molecule has 25 heavy (non-hydrogen) atoms. The lowest BCUT2D eigenvalue weighted by molar-refractivity contribution is 0.0697. The van der Waals surface area contributed by atoms with Gasteiger partial charge in [0, 0.05) is 5.56 Å². The highest BCUT2D eigenvalue weighted by Crippen LogP contribution is 2.33. The fourth-order valence-electron chi connectivity index (χ4n) is 2.75. The second-order valence-electron chi connectivity index (χ2n) is 6.00. The lowest BCUT2D eigenvalue weighted by atomic mass is 9.93. The third-order valence-corrected chi connectivity index (χ3v) is 4.62. The Balaban J connectivity index is 2.12. The Morgan fingerprint density at radius 2 is 1.76 bits per heavy atom. The van der Waals surface area contributed by atoms with Gasteiger partial charge < -0.3 is 9.63 Å². The molecule has 0 aliphatic rings. The standard InChI is InChI=1S/C19H17FN2O3/c1-9-10(2)12(4)16(20)15(11(9)3)18-21-17(22-25-18)13-6-5-7-14(8-13)19(23)24/h5-8H,1-4H3,(H,23,24). The highest BCUT2D eigenvalue weighted by molar-refractivity contribution is 5.89. The van der Waals surface area contributed by atoms with Crippen molar-refractivity contribution in [1.29, 1.82) is 0 Å². The predicted molar refractivity (Wildman–Crippen MR) is 91.0 cm³/mol. The summed E-state index contributed by atoms with van der Waals surface area (Å²) in [4.78, 5) is 15.4. The molecule has 0 unspecified atom stereocenters. The first-order valence-corrected chi connectivity index (χ1v) is 7.75. The fourth-order valence-corrected chi connectivity index (χ4v) is 2.75. The third kappa shape index (κ3) is 2.80. The highest BCUT2D eigenvalue weighted by atomic mass is 19.1. The van der Waals surface area contributed by atoms with Crippen molar-refractivity contribution in [3.63, 3.8) is 0 Å². The van der Waals surface area contributed by atoms with Crippen molar-refractivity contribution in [3.8, 4) is 22.8 Å². The summed E-state index contributed by atoms with van der Waals surface area (Å²) in [6, 6.07) is 6.20. The molecule has 0 bridgehead atoms. The molecule has 128 valence electrons. The topological polar surface area (TPSA) is 76.2 Å². The number of aromatic carboxylic acids is 1. The number of halogens is 1. The zero-order valence-electron chi connectivity index (χ0n) is 14.3. The second-order valence-corrected chi connectivity index (χ2v) is 6.00. The Morgan fingerprint density at radius 1 is 1.08 bits per heavy atom. The largest absolute Gasteiger partial charge is 0.478 e. The summed E-state index contributed by atoms with van der Waals surface area (Å²) < 4.78 is 20.0. The molecule has 2 aromatic carbocycles. The number of aromatic nitrogens is 2. The van der Waals surface area contributed by atoms with Gasteiger partial charge in [0.1, 0.15) is 5.82 Å². The number of hydrogen-bond donors (Lipinski definition) is 1. The van der Waals surface area contributed by atoms with E-state index in [4.69, 9.17) is 9.63 Å². The molecule has 0 radical (unpaired) electrons. The molecule has 6 heteroatoms. The fraction of sp³-hybridized carbons (Fsp3) is 0.211. The number of rotatable bonds is 3. The van der Waals surface area contributed by atoms with Crippen LogP contribution in [0.1, 0.15) is 32.6 Å². The lowest BCUT2D eigenvalue weighted by Gasteiger charge is -2.13. The van der Waals surface area contributed by atoms with Crippen LogP contribution in [0, 0.1) is 33.5 Å². The molecule has 5 nitrogen and oxygen atoms in total. The van der Waals surface area contributed by atoms with Crippen LogP contribution in [0.15, 0.2) is 28.8 Å². The maximum absolute atomic E-state index is 14.8. The average molecular weight is 340 g/mol. The maximum atomic E-state index is 14.8. The number of benzene rings is 2. The van der Waals surface area contributed by atoms with Crippen LogP contribution in [0.3, 0.4) is 0 Å². The van der Waals surface area contributed by atoms with Crippen molar-refractivity contribution in [3.05, 3.63) is 57.9 Å². The Hall–Kier alpha value is -3.02. The quantitative estimate of drug-likeness (QED) is 0.761. The smallest absolute Gasteiger partial charge is 0.335 e. The van der Waals surface area contributed by atoms with Crippen LogP contribution in [0.25, 0.3) is 22.8 Å². The van der Waals surface area contributed by atoms with Crippen LogP contribution in [-0.4, -0.2) is 21.2 Å². The minimum absolute atomic E-state index is 0.0805. The Morgan fingerprint density at radius 3 is 2.44 bits per heavy atom. The summed E-state index contributed by atoms with van der Waals surface area (Å²) in [6.45, 7) is 7.33. The van der Waals surface area contributed by atoms with Gasteiger partial charge in [-0.2, -0.15) is 4.98 Å². The van der Waals surface area contributed by atoms with Gasteiger partial charge in [-0.15, -0.1) is 0 Å². The lowest BCUT2D eigenvalue weighted by Crippen LogP contribution is -2.00. The molecular weight excluding hydrogens is 323 g/mol. The van der Waals surface area contributed by atoms with E-state index in [1.165, 1.54) is 12.1 Å². The molecule has 0 aliphatic heterocycles. The van der Waals surface area contributed by atoms with Gasteiger partial charge in [0.05, 0.1) is 11.1 Å². The summed E-state index contributed by atoms with van der Waals surface area (Å²) in [5.41, 5.74) is 4.06. The van der Waals surface area contributed by atoms with E-state index >= 15 is 0 Å². The van der Waals surface area contributed by atoms with E-state index in [1.54, 1.807) is 19.1 Å². The molecule has 3 rings (SSSR count). The summed E-state index contributed by atoms with van der Waals surface area (Å²) in [6.07, 6.45) is 0. The first-order valence-electron chi connectivity index (χ1n) is 7.75. The van der Waals surface area contributed by atoms with Crippen molar-refractivity contribution < 1.29 is 18.8 Å². The normalized spacial score (nSPS) is 10.9. The molecule has 1 heterocycles. The van der Waals surface area contributed by atoms with Gasteiger partial charge >= 0.3 is 5.97 Å².